The highest BCUT2D eigenvalue weighted by molar-refractivity contribution is 4.92. The van der Waals surface area contributed by atoms with E-state index in [1.54, 1.807) is 0 Å². The molecule has 3 atom stereocenters. The molecule has 0 aromatic rings. The van der Waals surface area contributed by atoms with E-state index in [4.69, 9.17) is 4.74 Å². The van der Waals surface area contributed by atoms with Gasteiger partial charge in [-0.05, 0) is 12.8 Å². The maximum atomic E-state index is 13.3. The fraction of sp³-hybridized carbons (Fsp3) is 1.00. The molecule has 0 bridgehead atoms. The van der Waals surface area contributed by atoms with E-state index in [0.29, 0.717) is 6.42 Å². The second kappa shape index (κ2) is 7.69. The van der Waals surface area contributed by atoms with Crippen LogP contribution in [0.2, 0.25) is 0 Å². The van der Waals surface area contributed by atoms with Crippen LogP contribution in [0.1, 0.15) is 45.4 Å². The summed E-state index contributed by atoms with van der Waals surface area (Å²) in [5.41, 5.74) is 0. The van der Waals surface area contributed by atoms with Crippen molar-refractivity contribution in [2.75, 3.05) is 6.61 Å². The number of hydrogen-bond acceptors (Lipinski definition) is 3. The molecule has 1 N–H and O–H groups in total. The van der Waals surface area contributed by atoms with Gasteiger partial charge in [-0.15, -0.1) is 0 Å². The standard InChI is InChI=1S/C13H21F5O3/c1-2-3-4-5-8-20-10-7-6-9(19)11(21-10)12(14,15)13(16,17)18/h9-11,19H,2-8H2,1H3/t9-,10+,11-/m0/s1. The van der Waals surface area contributed by atoms with Crippen molar-refractivity contribution < 1.29 is 36.5 Å². The van der Waals surface area contributed by atoms with Crippen molar-refractivity contribution in [2.24, 2.45) is 0 Å². The molecule has 0 saturated carbocycles. The van der Waals surface area contributed by atoms with Gasteiger partial charge in [0.2, 0.25) is 0 Å². The zero-order valence-corrected chi connectivity index (χ0v) is 11.8. The van der Waals surface area contributed by atoms with Gasteiger partial charge in [0.1, 0.15) is 0 Å². The van der Waals surface area contributed by atoms with Crippen LogP contribution in [0, 0.1) is 0 Å². The van der Waals surface area contributed by atoms with E-state index < -0.39 is 30.6 Å². The minimum Gasteiger partial charge on any atom is -0.390 e. The summed E-state index contributed by atoms with van der Waals surface area (Å²) in [7, 11) is 0. The van der Waals surface area contributed by atoms with E-state index in [0.717, 1.165) is 19.3 Å². The van der Waals surface area contributed by atoms with Crippen LogP contribution >= 0.6 is 0 Å². The fourth-order valence-corrected chi connectivity index (χ4v) is 2.14. The average Bonchev–Trinajstić information content (AvgIpc) is 2.38. The Balaban J connectivity index is 2.50. The molecule has 1 aliphatic rings. The minimum atomic E-state index is -5.76. The topological polar surface area (TPSA) is 38.7 Å². The van der Waals surface area contributed by atoms with Gasteiger partial charge in [-0.25, -0.2) is 0 Å². The van der Waals surface area contributed by atoms with E-state index in [1.165, 1.54) is 0 Å². The molecule has 0 amide bonds. The molecule has 1 fully saturated rings. The first-order valence-electron chi connectivity index (χ1n) is 7.09. The Bertz CT molecular complexity index is 309. The van der Waals surface area contributed by atoms with E-state index in [1.807, 2.05) is 6.92 Å². The van der Waals surface area contributed by atoms with Gasteiger partial charge < -0.3 is 14.6 Å². The van der Waals surface area contributed by atoms with Crippen molar-refractivity contribution in [3.05, 3.63) is 0 Å². The minimum absolute atomic E-state index is 0.0966. The van der Waals surface area contributed by atoms with Crippen molar-refractivity contribution in [3.63, 3.8) is 0 Å². The molecule has 0 radical (unpaired) electrons. The average molecular weight is 320 g/mol. The Morgan fingerprint density at radius 3 is 2.33 bits per heavy atom. The third-order valence-corrected chi connectivity index (χ3v) is 3.38. The maximum absolute atomic E-state index is 13.3. The molecule has 21 heavy (non-hydrogen) atoms. The van der Waals surface area contributed by atoms with Gasteiger partial charge >= 0.3 is 12.1 Å². The van der Waals surface area contributed by atoms with E-state index in [2.05, 4.69) is 4.74 Å². The summed E-state index contributed by atoms with van der Waals surface area (Å²) in [6, 6.07) is 0. The molecule has 0 aromatic carbocycles. The van der Waals surface area contributed by atoms with Crippen LogP contribution < -0.4 is 0 Å². The lowest BCUT2D eigenvalue weighted by molar-refractivity contribution is -0.358. The van der Waals surface area contributed by atoms with Crippen molar-refractivity contribution in [1.29, 1.82) is 0 Å². The first kappa shape index (κ1) is 18.6. The Hall–Kier alpha value is -0.470. The number of alkyl halides is 5. The van der Waals surface area contributed by atoms with Crippen LogP contribution in [0.4, 0.5) is 22.0 Å². The first-order chi connectivity index (χ1) is 9.70. The molecule has 8 heteroatoms. The lowest BCUT2D eigenvalue weighted by Gasteiger charge is -2.38. The summed E-state index contributed by atoms with van der Waals surface area (Å²) in [6.45, 7) is 2.27. The zero-order chi connectivity index (χ0) is 16.1. The number of aliphatic hydroxyl groups excluding tert-OH is 1. The molecular weight excluding hydrogens is 299 g/mol. The predicted molar refractivity (Wildman–Crippen MR) is 65.0 cm³/mol. The van der Waals surface area contributed by atoms with Gasteiger partial charge in [0.25, 0.3) is 0 Å². The lowest BCUT2D eigenvalue weighted by atomic mass is 9.99. The molecular formula is C13H21F5O3. The molecule has 1 heterocycles. The monoisotopic (exact) mass is 320 g/mol. The molecule has 3 nitrogen and oxygen atoms in total. The van der Waals surface area contributed by atoms with Gasteiger partial charge in [-0.1, -0.05) is 26.2 Å². The molecule has 1 rings (SSSR count). The van der Waals surface area contributed by atoms with E-state index in [9.17, 15) is 27.1 Å². The molecule has 126 valence electrons. The molecule has 1 aliphatic heterocycles. The number of rotatable bonds is 7. The number of ether oxygens (including phenoxy) is 2. The lowest BCUT2D eigenvalue weighted by Crippen LogP contribution is -2.57. The Morgan fingerprint density at radius 1 is 1.10 bits per heavy atom. The third-order valence-electron chi connectivity index (χ3n) is 3.38. The molecule has 0 aliphatic carbocycles. The maximum Gasteiger partial charge on any atom is 0.456 e. The van der Waals surface area contributed by atoms with Crippen molar-refractivity contribution in [1.82, 2.24) is 0 Å². The number of aliphatic hydroxyl groups is 1. The SMILES string of the molecule is CCCCCCO[C@H]1CC[C@H](O)[C@@H](C(F)(F)C(F)(F)F)O1. The number of hydrogen-bond donors (Lipinski definition) is 1. The smallest absolute Gasteiger partial charge is 0.390 e. The summed E-state index contributed by atoms with van der Waals surface area (Å²) < 4.78 is 73.3. The second-order valence-corrected chi connectivity index (χ2v) is 5.18. The summed E-state index contributed by atoms with van der Waals surface area (Å²) >= 11 is 0. The second-order valence-electron chi connectivity index (χ2n) is 5.18. The zero-order valence-electron chi connectivity index (χ0n) is 11.8. The summed E-state index contributed by atoms with van der Waals surface area (Å²) in [5.74, 6) is -5.10. The summed E-state index contributed by atoms with van der Waals surface area (Å²) in [5, 5.41) is 9.37. The summed E-state index contributed by atoms with van der Waals surface area (Å²) in [6.07, 6.45) is -7.88. The van der Waals surface area contributed by atoms with Crippen LogP contribution in [0.25, 0.3) is 0 Å². The Morgan fingerprint density at radius 2 is 1.76 bits per heavy atom. The fourth-order valence-electron chi connectivity index (χ4n) is 2.14. The van der Waals surface area contributed by atoms with Gasteiger partial charge in [0.05, 0.1) is 6.10 Å². The third kappa shape index (κ3) is 5.03. The summed E-state index contributed by atoms with van der Waals surface area (Å²) in [4.78, 5) is 0. The van der Waals surface area contributed by atoms with E-state index in [-0.39, 0.29) is 19.4 Å². The Labute approximate surface area is 120 Å². The van der Waals surface area contributed by atoms with Crippen LogP contribution in [0.5, 0.6) is 0 Å². The number of unbranched alkanes of at least 4 members (excludes halogenated alkanes) is 3. The largest absolute Gasteiger partial charge is 0.456 e. The quantitative estimate of drug-likeness (QED) is 0.575. The van der Waals surface area contributed by atoms with Gasteiger partial charge in [0, 0.05) is 13.0 Å². The Kier molecular flexibility index (Phi) is 6.80. The van der Waals surface area contributed by atoms with Crippen molar-refractivity contribution in [3.8, 4) is 0 Å². The predicted octanol–water partition coefficient (Wildman–Crippen LogP) is 3.65. The van der Waals surface area contributed by atoms with Crippen LogP contribution in [-0.4, -0.2) is 42.3 Å². The van der Waals surface area contributed by atoms with Gasteiger partial charge in [0.15, 0.2) is 12.4 Å². The van der Waals surface area contributed by atoms with Gasteiger partial charge in [-0.3, -0.25) is 0 Å². The normalized spacial score (nSPS) is 27.9. The highest BCUT2D eigenvalue weighted by Gasteiger charge is 2.66. The molecule has 0 aromatic heterocycles. The van der Waals surface area contributed by atoms with Crippen molar-refractivity contribution in [2.45, 2.75) is 76.0 Å². The molecule has 0 unspecified atom stereocenters. The van der Waals surface area contributed by atoms with Gasteiger partial charge in [-0.2, -0.15) is 22.0 Å². The van der Waals surface area contributed by atoms with Crippen molar-refractivity contribution >= 4 is 0 Å². The highest BCUT2D eigenvalue weighted by Crippen LogP contribution is 2.43. The van der Waals surface area contributed by atoms with Crippen LogP contribution in [-0.2, 0) is 9.47 Å². The number of halogens is 5. The highest BCUT2D eigenvalue weighted by atomic mass is 19.4. The first-order valence-corrected chi connectivity index (χ1v) is 7.09. The molecule has 0 spiro atoms. The molecule has 1 saturated heterocycles. The van der Waals surface area contributed by atoms with E-state index >= 15 is 0 Å². The van der Waals surface area contributed by atoms with Crippen LogP contribution in [0.3, 0.4) is 0 Å². The van der Waals surface area contributed by atoms with Crippen LogP contribution in [0.15, 0.2) is 0 Å².